The molecular formula is C24H31N3O2. The topological polar surface area (TPSA) is 44.8 Å². The van der Waals surface area contributed by atoms with Crippen molar-refractivity contribution in [3.8, 4) is 5.75 Å². The summed E-state index contributed by atoms with van der Waals surface area (Å²) in [4.78, 5) is 16.9. The number of amides is 1. The number of benzene rings is 2. The summed E-state index contributed by atoms with van der Waals surface area (Å²) in [6, 6.07) is 18.3. The van der Waals surface area contributed by atoms with Crippen molar-refractivity contribution < 1.29 is 9.53 Å². The van der Waals surface area contributed by atoms with E-state index in [1.54, 1.807) is 7.11 Å². The molecule has 0 aromatic heterocycles. The van der Waals surface area contributed by atoms with Crippen LogP contribution in [0.3, 0.4) is 0 Å². The third kappa shape index (κ3) is 7.37. The van der Waals surface area contributed by atoms with Gasteiger partial charge in [0.05, 0.1) is 13.7 Å². The molecule has 154 valence electrons. The summed E-state index contributed by atoms with van der Waals surface area (Å²) in [6.07, 6.45) is 5.20. The van der Waals surface area contributed by atoms with Crippen LogP contribution in [0.25, 0.3) is 6.08 Å². The number of rotatable bonds is 9. The first-order valence-electron chi connectivity index (χ1n) is 10.3. The predicted molar refractivity (Wildman–Crippen MR) is 118 cm³/mol. The van der Waals surface area contributed by atoms with Crippen LogP contribution >= 0.6 is 0 Å². The molecule has 2 aromatic carbocycles. The highest BCUT2D eigenvalue weighted by atomic mass is 16.5. The van der Waals surface area contributed by atoms with Crippen molar-refractivity contribution in [2.24, 2.45) is 0 Å². The number of hydrogen-bond acceptors (Lipinski definition) is 4. The Labute approximate surface area is 174 Å². The van der Waals surface area contributed by atoms with E-state index in [0.29, 0.717) is 13.1 Å². The lowest BCUT2D eigenvalue weighted by Crippen LogP contribution is -2.49. The number of hydrogen-bond donors (Lipinski definition) is 1. The molecule has 29 heavy (non-hydrogen) atoms. The Morgan fingerprint density at radius 1 is 1.03 bits per heavy atom. The van der Waals surface area contributed by atoms with Gasteiger partial charge in [0.2, 0.25) is 5.91 Å². The van der Waals surface area contributed by atoms with E-state index in [9.17, 15) is 4.79 Å². The van der Waals surface area contributed by atoms with Crippen molar-refractivity contribution in [3.63, 3.8) is 0 Å². The van der Waals surface area contributed by atoms with E-state index in [1.807, 2.05) is 24.3 Å². The van der Waals surface area contributed by atoms with Gasteiger partial charge >= 0.3 is 0 Å². The zero-order valence-electron chi connectivity index (χ0n) is 17.2. The van der Waals surface area contributed by atoms with Gasteiger partial charge in [-0.2, -0.15) is 0 Å². The third-order valence-corrected chi connectivity index (χ3v) is 5.18. The number of nitrogens with one attached hydrogen (secondary N) is 1. The molecule has 2 aromatic rings. The molecule has 0 spiro atoms. The van der Waals surface area contributed by atoms with Gasteiger partial charge in [-0.25, -0.2) is 0 Å². The van der Waals surface area contributed by atoms with Gasteiger partial charge in [-0.05, 0) is 29.7 Å². The normalized spacial score (nSPS) is 15.5. The van der Waals surface area contributed by atoms with Gasteiger partial charge in [0.15, 0.2) is 0 Å². The lowest BCUT2D eigenvalue weighted by Gasteiger charge is -2.33. The summed E-state index contributed by atoms with van der Waals surface area (Å²) < 4.78 is 5.24. The fourth-order valence-electron chi connectivity index (χ4n) is 3.47. The van der Waals surface area contributed by atoms with Crippen molar-refractivity contribution >= 4 is 12.0 Å². The van der Waals surface area contributed by atoms with Crippen LogP contribution in [0.4, 0.5) is 0 Å². The van der Waals surface area contributed by atoms with E-state index in [-0.39, 0.29) is 5.91 Å². The van der Waals surface area contributed by atoms with E-state index in [1.165, 1.54) is 11.1 Å². The van der Waals surface area contributed by atoms with Gasteiger partial charge in [-0.3, -0.25) is 14.6 Å². The molecule has 5 heteroatoms. The molecule has 0 atom stereocenters. The lowest BCUT2D eigenvalue weighted by molar-refractivity contribution is -0.122. The summed E-state index contributed by atoms with van der Waals surface area (Å²) in [5.74, 6) is 0.954. The molecule has 0 unspecified atom stereocenters. The van der Waals surface area contributed by atoms with Gasteiger partial charge in [-0.1, -0.05) is 54.6 Å². The van der Waals surface area contributed by atoms with Crippen LogP contribution in [0.2, 0.25) is 0 Å². The summed E-state index contributed by atoms with van der Waals surface area (Å²) in [7, 11) is 1.67. The maximum absolute atomic E-state index is 12.2. The summed E-state index contributed by atoms with van der Waals surface area (Å²) in [5.41, 5.74) is 2.40. The van der Waals surface area contributed by atoms with Crippen LogP contribution in [0.15, 0.2) is 60.7 Å². The van der Waals surface area contributed by atoms with E-state index in [2.05, 4.69) is 57.6 Å². The molecular weight excluding hydrogens is 362 g/mol. The number of ether oxygens (including phenoxy) is 1. The zero-order chi connectivity index (χ0) is 20.3. The monoisotopic (exact) mass is 393 g/mol. The minimum absolute atomic E-state index is 0.102. The van der Waals surface area contributed by atoms with Crippen LogP contribution in [-0.4, -0.2) is 68.6 Å². The first kappa shape index (κ1) is 21.1. The van der Waals surface area contributed by atoms with Gasteiger partial charge in [0.1, 0.15) is 5.75 Å². The molecule has 5 nitrogen and oxygen atoms in total. The molecule has 0 saturated carbocycles. The van der Waals surface area contributed by atoms with Gasteiger partial charge in [-0.15, -0.1) is 0 Å². The minimum atomic E-state index is 0.102. The number of nitrogens with zero attached hydrogens (tertiary/aromatic N) is 2. The fourth-order valence-corrected chi connectivity index (χ4v) is 3.47. The van der Waals surface area contributed by atoms with Crippen molar-refractivity contribution in [1.82, 2.24) is 15.1 Å². The fraction of sp³-hybridized carbons (Fsp3) is 0.375. The SMILES string of the molecule is COc1cccc(CCNC(=O)CN2CCN(C/C=C/c3ccccc3)CC2)c1. The Hall–Kier alpha value is -2.63. The second kappa shape index (κ2) is 11.4. The Morgan fingerprint density at radius 2 is 1.79 bits per heavy atom. The first-order chi connectivity index (χ1) is 14.2. The standard InChI is InChI=1S/C24H31N3O2/c1-29-23-11-5-9-22(19-23)12-13-25-24(28)20-27-17-15-26(16-18-27)14-6-10-21-7-3-2-4-8-21/h2-11,19H,12-18,20H2,1H3,(H,25,28)/b10-6+. The molecule has 0 aliphatic carbocycles. The first-order valence-corrected chi connectivity index (χ1v) is 10.3. The van der Waals surface area contributed by atoms with Gasteiger partial charge in [0.25, 0.3) is 0 Å². The smallest absolute Gasteiger partial charge is 0.234 e. The highest BCUT2D eigenvalue weighted by Crippen LogP contribution is 2.12. The Morgan fingerprint density at radius 3 is 2.55 bits per heavy atom. The number of carbonyl (C=O) groups is 1. The second-order valence-corrected chi connectivity index (χ2v) is 7.34. The van der Waals surface area contributed by atoms with Crippen molar-refractivity contribution in [2.75, 3.05) is 52.9 Å². The summed E-state index contributed by atoms with van der Waals surface area (Å²) in [5, 5.41) is 3.03. The highest BCUT2D eigenvalue weighted by Gasteiger charge is 2.17. The molecule has 1 fully saturated rings. The maximum atomic E-state index is 12.2. The van der Waals surface area contributed by atoms with Crippen LogP contribution in [0, 0.1) is 0 Å². The van der Waals surface area contributed by atoms with Gasteiger partial charge in [0, 0.05) is 39.3 Å². The predicted octanol–water partition coefficient (Wildman–Crippen LogP) is 2.68. The van der Waals surface area contributed by atoms with E-state index >= 15 is 0 Å². The Kier molecular flexibility index (Phi) is 8.28. The van der Waals surface area contributed by atoms with Gasteiger partial charge < -0.3 is 10.1 Å². The van der Waals surface area contributed by atoms with E-state index in [4.69, 9.17) is 4.74 Å². The molecule has 1 N–H and O–H groups in total. The molecule has 1 amide bonds. The van der Waals surface area contributed by atoms with Crippen LogP contribution in [0.5, 0.6) is 5.75 Å². The number of piperazine rings is 1. The molecule has 1 aliphatic rings. The third-order valence-electron chi connectivity index (χ3n) is 5.18. The van der Waals surface area contributed by atoms with Crippen LogP contribution in [-0.2, 0) is 11.2 Å². The molecule has 1 heterocycles. The minimum Gasteiger partial charge on any atom is -0.497 e. The Bertz CT molecular complexity index is 784. The van der Waals surface area contributed by atoms with E-state index < -0.39 is 0 Å². The number of methoxy groups -OCH3 is 1. The number of carbonyl (C=O) groups excluding carboxylic acids is 1. The zero-order valence-corrected chi connectivity index (χ0v) is 17.2. The summed E-state index contributed by atoms with van der Waals surface area (Å²) >= 11 is 0. The van der Waals surface area contributed by atoms with E-state index in [0.717, 1.165) is 44.9 Å². The van der Waals surface area contributed by atoms with Crippen molar-refractivity contribution in [2.45, 2.75) is 6.42 Å². The summed E-state index contributed by atoms with van der Waals surface area (Å²) in [6.45, 7) is 5.94. The maximum Gasteiger partial charge on any atom is 0.234 e. The second-order valence-electron chi connectivity index (χ2n) is 7.34. The molecule has 1 aliphatic heterocycles. The largest absolute Gasteiger partial charge is 0.497 e. The Balaban J connectivity index is 1.30. The average molecular weight is 394 g/mol. The van der Waals surface area contributed by atoms with Crippen molar-refractivity contribution in [1.29, 1.82) is 0 Å². The molecule has 0 bridgehead atoms. The van der Waals surface area contributed by atoms with Crippen LogP contribution < -0.4 is 10.1 Å². The van der Waals surface area contributed by atoms with Crippen molar-refractivity contribution in [3.05, 3.63) is 71.8 Å². The lowest BCUT2D eigenvalue weighted by atomic mass is 10.1. The molecule has 3 rings (SSSR count). The average Bonchev–Trinajstić information content (AvgIpc) is 2.76. The quantitative estimate of drug-likeness (QED) is 0.712. The molecule has 0 radical (unpaired) electrons. The highest BCUT2D eigenvalue weighted by molar-refractivity contribution is 5.78. The molecule has 1 saturated heterocycles. The van der Waals surface area contributed by atoms with Crippen LogP contribution in [0.1, 0.15) is 11.1 Å².